The molecule has 0 spiro atoms. The summed E-state index contributed by atoms with van der Waals surface area (Å²) in [6, 6.07) is 8.97. The van der Waals surface area contributed by atoms with E-state index in [1.54, 1.807) is 18.2 Å². The second-order valence-corrected chi connectivity index (χ2v) is 9.57. The van der Waals surface area contributed by atoms with Crippen molar-refractivity contribution in [2.24, 2.45) is 23.7 Å². The van der Waals surface area contributed by atoms with Crippen molar-refractivity contribution in [1.82, 2.24) is 4.90 Å². The molecule has 2 aliphatic carbocycles. The summed E-state index contributed by atoms with van der Waals surface area (Å²) >= 11 is 6.14. The Kier molecular flexibility index (Phi) is 5.80. The summed E-state index contributed by atoms with van der Waals surface area (Å²) in [6.07, 6.45) is 4.95. The molecule has 9 nitrogen and oxygen atoms in total. The van der Waals surface area contributed by atoms with Gasteiger partial charge in [-0.05, 0) is 48.9 Å². The first-order valence-electron chi connectivity index (χ1n) is 11.4. The quantitative estimate of drug-likeness (QED) is 0.259. The SMILES string of the molecule is Cc1ccc(NC(=O)c2cc([N+](=O)[O-])ccc2NCCN2C(=O)[C@H]3[C@H](C2=O)[C@H]2C=C[C@H]3C2)cc1Cl. The van der Waals surface area contributed by atoms with E-state index in [9.17, 15) is 24.5 Å². The van der Waals surface area contributed by atoms with Crippen LogP contribution in [0.1, 0.15) is 22.3 Å². The molecule has 0 unspecified atom stereocenters. The molecule has 35 heavy (non-hydrogen) atoms. The van der Waals surface area contributed by atoms with Gasteiger partial charge in [0.15, 0.2) is 0 Å². The summed E-state index contributed by atoms with van der Waals surface area (Å²) in [6.45, 7) is 2.19. The second-order valence-electron chi connectivity index (χ2n) is 9.16. The lowest BCUT2D eigenvalue weighted by Gasteiger charge is -2.18. The number of nitrogens with zero attached hydrogens (tertiary/aromatic N) is 2. The van der Waals surface area contributed by atoms with Crippen LogP contribution in [0.25, 0.3) is 0 Å². The molecule has 2 fully saturated rings. The molecule has 1 saturated carbocycles. The number of imide groups is 1. The van der Waals surface area contributed by atoms with Crippen LogP contribution < -0.4 is 10.6 Å². The Bertz CT molecular complexity index is 1260. The number of rotatable bonds is 7. The smallest absolute Gasteiger partial charge is 0.270 e. The van der Waals surface area contributed by atoms with Crippen molar-refractivity contribution in [3.05, 3.63) is 74.8 Å². The number of nitro groups is 1. The molecule has 2 aromatic rings. The zero-order valence-electron chi connectivity index (χ0n) is 18.9. The van der Waals surface area contributed by atoms with Gasteiger partial charge in [0.2, 0.25) is 11.8 Å². The van der Waals surface area contributed by atoms with Crippen LogP contribution in [-0.4, -0.2) is 40.6 Å². The molecular weight excluding hydrogens is 472 g/mol. The number of nitrogens with one attached hydrogen (secondary N) is 2. The van der Waals surface area contributed by atoms with Crippen LogP contribution in [0.2, 0.25) is 5.02 Å². The maximum atomic E-state index is 13.0. The number of hydrogen-bond donors (Lipinski definition) is 2. The number of non-ortho nitro benzene ring substituents is 1. The number of carbonyl (C=O) groups is 3. The van der Waals surface area contributed by atoms with E-state index in [2.05, 4.69) is 10.6 Å². The normalized spacial score (nSPS) is 24.1. The maximum Gasteiger partial charge on any atom is 0.270 e. The number of benzene rings is 2. The lowest BCUT2D eigenvalue weighted by molar-refractivity contribution is -0.384. The van der Waals surface area contributed by atoms with E-state index in [-0.39, 0.29) is 59.8 Å². The molecule has 2 bridgehead atoms. The number of fused-ring (bicyclic) bond motifs is 5. The van der Waals surface area contributed by atoms with Crippen LogP contribution in [0.3, 0.4) is 0 Å². The minimum absolute atomic E-state index is 0.0640. The number of amides is 3. The Hall–Kier alpha value is -3.72. The van der Waals surface area contributed by atoms with Crippen LogP contribution >= 0.6 is 11.6 Å². The maximum absolute atomic E-state index is 13.0. The van der Waals surface area contributed by atoms with Crippen molar-refractivity contribution in [3.8, 4) is 0 Å². The standard InChI is InChI=1S/C25H23ClN4O5/c1-13-2-5-16(11-19(13)26)28-23(31)18-12-17(30(34)35)6-7-20(18)27-8-9-29-24(32)21-14-3-4-15(10-14)22(21)25(29)33/h2-7,11-12,14-15,21-22,27H,8-10H2,1H3,(H,28,31)/t14-,15-,21+,22+/m0/s1. The first-order valence-corrected chi connectivity index (χ1v) is 11.8. The first kappa shape index (κ1) is 23.0. The van der Waals surface area contributed by atoms with Crippen molar-refractivity contribution in [2.75, 3.05) is 23.7 Å². The number of aryl methyl sites for hydroxylation is 1. The topological polar surface area (TPSA) is 122 Å². The van der Waals surface area contributed by atoms with Crippen LogP contribution in [0, 0.1) is 40.7 Å². The third kappa shape index (κ3) is 4.05. The summed E-state index contributed by atoms with van der Waals surface area (Å²) in [5, 5.41) is 17.5. The molecule has 2 aromatic carbocycles. The second kappa shape index (κ2) is 8.81. The number of hydrogen-bond acceptors (Lipinski definition) is 6. The minimum Gasteiger partial charge on any atom is -0.383 e. The predicted molar refractivity (Wildman–Crippen MR) is 130 cm³/mol. The molecule has 3 amide bonds. The molecule has 1 aliphatic heterocycles. The fourth-order valence-corrected chi connectivity index (χ4v) is 5.52. The molecule has 180 valence electrons. The highest BCUT2D eigenvalue weighted by molar-refractivity contribution is 6.31. The highest BCUT2D eigenvalue weighted by atomic mass is 35.5. The van der Waals surface area contributed by atoms with Crippen molar-refractivity contribution in [2.45, 2.75) is 13.3 Å². The van der Waals surface area contributed by atoms with E-state index in [1.165, 1.54) is 23.1 Å². The van der Waals surface area contributed by atoms with Crippen LogP contribution in [-0.2, 0) is 9.59 Å². The minimum atomic E-state index is -0.577. The molecule has 1 saturated heterocycles. The average Bonchev–Trinajstić information content (AvgIpc) is 3.51. The Labute approximate surface area is 206 Å². The third-order valence-corrected chi connectivity index (χ3v) is 7.51. The summed E-state index contributed by atoms with van der Waals surface area (Å²) in [4.78, 5) is 50.8. The van der Waals surface area contributed by atoms with Crippen LogP contribution in [0.5, 0.6) is 0 Å². The molecule has 5 rings (SSSR count). The zero-order valence-corrected chi connectivity index (χ0v) is 19.6. The van der Waals surface area contributed by atoms with Crippen molar-refractivity contribution < 1.29 is 19.3 Å². The fraction of sp³-hybridized carbons (Fsp3) is 0.320. The van der Waals surface area contributed by atoms with Gasteiger partial charge in [-0.3, -0.25) is 29.4 Å². The summed E-state index contributed by atoms with van der Waals surface area (Å²) in [7, 11) is 0. The largest absolute Gasteiger partial charge is 0.383 e. The lowest BCUT2D eigenvalue weighted by Crippen LogP contribution is -2.36. The summed E-state index contributed by atoms with van der Waals surface area (Å²) in [5.74, 6) is -1.09. The van der Waals surface area contributed by atoms with Crippen LogP contribution in [0.4, 0.5) is 17.1 Å². The van der Waals surface area contributed by atoms with Crippen molar-refractivity contribution >= 4 is 46.4 Å². The average molecular weight is 495 g/mol. The molecule has 4 atom stereocenters. The van der Waals surface area contributed by atoms with E-state index < -0.39 is 10.8 Å². The van der Waals surface area contributed by atoms with Gasteiger partial charge in [-0.25, -0.2) is 0 Å². The number of halogens is 1. The molecule has 0 radical (unpaired) electrons. The van der Waals surface area contributed by atoms with Gasteiger partial charge in [0, 0.05) is 41.6 Å². The number of anilines is 2. The number of allylic oxidation sites excluding steroid dienone is 2. The number of carbonyl (C=O) groups excluding carboxylic acids is 3. The van der Waals surface area contributed by atoms with Gasteiger partial charge >= 0.3 is 0 Å². The van der Waals surface area contributed by atoms with E-state index in [0.29, 0.717) is 16.4 Å². The monoisotopic (exact) mass is 494 g/mol. The lowest BCUT2D eigenvalue weighted by atomic mass is 9.85. The van der Waals surface area contributed by atoms with E-state index in [0.717, 1.165) is 12.0 Å². The van der Waals surface area contributed by atoms with Gasteiger partial charge in [0.1, 0.15) is 0 Å². The van der Waals surface area contributed by atoms with Crippen LogP contribution in [0.15, 0.2) is 48.6 Å². The van der Waals surface area contributed by atoms with Gasteiger partial charge in [-0.1, -0.05) is 29.8 Å². The fourth-order valence-electron chi connectivity index (χ4n) is 5.34. The zero-order chi connectivity index (χ0) is 24.9. The van der Waals surface area contributed by atoms with Crippen molar-refractivity contribution in [1.29, 1.82) is 0 Å². The van der Waals surface area contributed by atoms with Gasteiger partial charge in [0.05, 0.1) is 22.3 Å². The highest BCUT2D eigenvalue weighted by Crippen LogP contribution is 2.52. The van der Waals surface area contributed by atoms with E-state index >= 15 is 0 Å². The highest BCUT2D eigenvalue weighted by Gasteiger charge is 2.58. The number of likely N-dealkylation sites (tertiary alicyclic amines) is 1. The molecule has 0 aromatic heterocycles. The van der Waals surface area contributed by atoms with Gasteiger partial charge in [-0.15, -0.1) is 0 Å². The third-order valence-electron chi connectivity index (χ3n) is 7.10. The van der Waals surface area contributed by atoms with Gasteiger partial charge < -0.3 is 10.6 Å². The number of nitro benzene ring substituents is 1. The molecule has 1 heterocycles. The Morgan fingerprint density at radius 3 is 2.43 bits per heavy atom. The predicted octanol–water partition coefficient (Wildman–Crippen LogP) is 4.03. The molecule has 10 heteroatoms. The Morgan fingerprint density at radius 2 is 1.80 bits per heavy atom. The summed E-state index contributed by atoms with van der Waals surface area (Å²) in [5.41, 5.74) is 1.48. The Morgan fingerprint density at radius 1 is 1.11 bits per heavy atom. The Balaban J connectivity index is 1.30. The van der Waals surface area contributed by atoms with E-state index in [1.807, 2.05) is 19.1 Å². The van der Waals surface area contributed by atoms with Gasteiger partial charge in [-0.2, -0.15) is 0 Å². The summed E-state index contributed by atoms with van der Waals surface area (Å²) < 4.78 is 0. The molecule has 3 aliphatic rings. The molecular formula is C25H23ClN4O5. The van der Waals surface area contributed by atoms with Crippen molar-refractivity contribution in [3.63, 3.8) is 0 Å². The molecule has 2 N–H and O–H groups in total. The van der Waals surface area contributed by atoms with Gasteiger partial charge in [0.25, 0.3) is 11.6 Å². The van der Waals surface area contributed by atoms with E-state index in [4.69, 9.17) is 11.6 Å². The first-order chi connectivity index (χ1) is 16.7.